The Bertz CT molecular complexity index is 1530. The van der Waals surface area contributed by atoms with Gasteiger partial charge in [0.25, 0.3) is 0 Å². The molecule has 0 aromatic heterocycles. The molecule has 0 saturated carbocycles. The highest BCUT2D eigenvalue weighted by Crippen LogP contribution is 2.27. The Balaban J connectivity index is 1.44. The summed E-state index contributed by atoms with van der Waals surface area (Å²) in [7, 11) is 0. The van der Waals surface area contributed by atoms with E-state index in [-0.39, 0.29) is 29.9 Å². The van der Waals surface area contributed by atoms with Gasteiger partial charge in [-0.3, -0.25) is 0 Å². The van der Waals surface area contributed by atoms with Gasteiger partial charge in [0.05, 0.1) is 28.9 Å². The molecule has 9 nitrogen and oxygen atoms in total. The summed E-state index contributed by atoms with van der Waals surface area (Å²) < 4.78 is 29.0. The number of carbonyl (C=O) groups is 4. The zero-order valence-corrected chi connectivity index (χ0v) is 22.9. The summed E-state index contributed by atoms with van der Waals surface area (Å²) in [5, 5.41) is 0. The van der Waals surface area contributed by atoms with Crippen molar-refractivity contribution in [1.82, 2.24) is 0 Å². The molecule has 1 fully saturated rings. The molecule has 0 N–H and O–H groups in total. The smallest absolute Gasteiger partial charge is 0.338 e. The van der Waals surface area contributed by atoms with Crippen molar-refractivity contribution in [3.8, 4) is 0 Å². The number of ether oxygens (including phenoxy) is 5. The normalized spacial score (nSPS) is 19.4. The second-order valence-electron chi connectivity index (χ2n) is 9.62. The van der Waals surface area contributed by atoms with E-state index in [1.54, 1.807) is 121 Å². The largest absolute Gasteiger partial charge is 0.459 e. The maximum absolute atomic E-state index is 13.2. The van der Waals surface area contributed by atoms with E-state index in [0.29, 0.717) is 5.56 Å². The third-order valence-corrected chi connectivity index (χ3v) is 6.69. The van der Waals surface area contributed by atoms with Crippen molar-refractivity contribution in [3.63, 3.8) is 0 Å². The first-order valence-corrected chi connectivity index (χ1v) is 13.6. The van der Waals surface area contributed by atoms with E-state index in [1.165, 1.54) is 0 Å². The highest BCUT2D eigenvalue weighted by molar-refractivity contribution is 5.91. The molecule has 9 heteroatoms. The average molecular weight is 581 g/mol. The van der Waals surface area contributed by atoms with E-state index in [9.17, 15) is 19.2 Å². The monoisotopic (exact) mass is 580 g/mol. The molecule has 0 aliphatic carbocycles. The molecular weight excluding hydrogens is 552 g/mol. The minimum absolute atomic E-state index is 0.224. The van der Waals surface area contributed by atoms with E-state index in [4.69, 9.17) is 23.7 Å². The first kappa shape index (κ1) is 29.2. The Morgan fingerprint density at radius 2 is 0.884 bits per heavy atom. The molecule has 1 aliphatic heterocycles. The summed E-state index contributed by atoms with van der Waals surface area (Å²) in [5.41, 5.74) is 1.06. The minimum Gasteiger partial charge on any atom is -0.459 e. The van der Waals surface area contributed by atoms with E-state index in [1.807, 2.05) is 0 Å². The van der Waals surface area contributed by atoms with Crippen LogP contribution in [0.3, 0.4) is 0 Å². The lowest BCUT2D eigenvalue weighted by Crippen LogP contribution is -2.59. The number of benzene rings is 4. The predicted molar refractivity (Wildman–Crippen MR) is 153 cm³/mol. The Kier molecular flexibility index (Phi) is 9.56. The van der Waals surface area contributed by atoms with Crippen LogP contribution in [0.4, 0.5) is 0 Å². The molecule has 0 bridgehead atoms. The predicted octanol–water partition coefficient (Wildman–Crippen LogP) is 4.92. The quantitative estimate of drug-likeness (QED) is 0.201. The molecule has 4 aromatic rings. The van der Waals surface area contributed by atoms with Crippen molar-refractivity contribution in [1.29, 1.82) is 0 Å². The molecule has 218 valence electrons. The second-order valence-corrected chi connectivity index (χ2v) is 9.62. The fraction of sp³-hybridized carbons (Fsp3) is 0.176. The molecule has 0 radical (unpaired) electrons. The Morgan fingerprint density at radius 1 is 0.512 bits per heavy atom. The molecule has 1 saturated heterocycles. The van der Waals surface area contributed by atoms with Gasteiger partial charge in [-0.25, -0.2) is 19.2 Å². The van der Waals surface area contributed by atoms with Crippen molar-refractivity contribution >= 4 is 23.9 Å². The molecule has 1 aliphatic rings. The molecule has 4 aromatic carbocycles. The van der Waals surface area contributed by atoms with Gasteiger partial charge in [-0.2, -0.15) is 0 Å². The lowest BCUT2D eigenvalue weighted by Gasteiger charge is -2.40. The van der Waals surface area contributed by atoms with Gasteiger partial charge >= 0.3 is 23.9 Å². The van der Waals surface area contributed by atoms with Crippen LogP contribution in [0.15, 0.2) is 121 Å². The Morgan fingerprint density at radius 3 is 1.33 bits per heavy atom. The van der Waals surface area contributed by atoms with Crippen LogP contribution in [0.2, 0.25) is 0 Å². The van der Waals surface area contributed by atoms with Crippen molar-refractivity contribution in [2.75, 3.05) is 13.2 Å². The first-order valence-electron chi connectivity index (χ1n) is 13.6. The summed E-state index contributed by atoms with van der Waals surface area (Å²) in [6, 6.07) is 33.1. The van der Waals surface area contributed by atoms with Crippen LogP contribution in [0.1, 0.15) is 41.4 Å². The van der Waals surface area contributed by atoms with Crippen molar-refractivity contribution in [3.05, 3.63) is 144 Å². The van der Waals surface area contributed by atoms with E-state index in [0.717, 1.165) is 0 Å². The van der Waals surface area contributed by atoms with Gasteiger partial charge in [-0.15, -0.1) is 0 Å². The van der Waals surface area contributed by atoms with Crippen LogP contribution < -0.4 is 0 Å². The highest BCUT2D eigenvalue weighted by Gasteiger charge is 2.48. The number of hydrogen-bond acceptors (Lipinski definition) is 9. The Hall–Kier alpha value is -5.28. The highest BCUT2D eigenvalue weighted by atomic mass is 16.7. The number of hydrogen-bond donors (Lipinski definition) is 0. The molecule has 3 unspecified atom stereocenters. The van der Waals surface area contributed by atoms with Gasteiger partial charge in [-0.05, 0) is 48.5 Å². The van der Waals surface area contributed by atoms with Crippen LogP contribution >= 0.6 is 0 Å². The van der Waals surface area contributed by atoms with Gasteiger partial charge in [-0.1, -0.05) is 72.8 Å². The second kappa shape index (κ2) is 14.1. The zero-order chi connectivity index (χ0) is 30.0. The minimum atomic E-state index is -1.31. The van der Waals surface area contributed by atoms with Crippen molar-refractivity contribution in [2.24, 2.45) is 0 Å². The van der Waals surface area contributed by atoms with Gasteiger partial charge in [0.15, 0.2) is 18.3 Å². The van der Waals surface area contributed by atoms with E-state index in [2.05, 4.69) is 0 Å². The molecule has 5 rings (SSSR count). The maximum atomic E-state index is 13.2. The average Bonchev–Trinajstić information content (AvgIpc) is 3.07. The fourth-order valence-electron chi connectivity index (χ4n) is 4.49. The summed E-state index contributed by atoms with van der Waals surface area (Å²) in [4.78, 5) is 52.2. The number of rotatable bonds is 9. The molecule has 0 amide bonds. The van der Waals surface area contributed by atoms with Crippen LogP contribution in [-0.4, -0.2) is 61.5 Å². The summed E-state index contributed by atoms with van der Waals surface area (Å²) in [6.07, 6.45) is -4.83. The Labute approximate surface area is 247 Å². The number of esters is 4. The van der Waals surface area contributed by atoms with Crippen molar-refractivity contribution < 1.29 is 42.9 Å². The van der Waals surface area contributed by atoms with Crippen LogP contribution in [0, 0.1) is 0 Å². The van der Waals surface area contributed by atoms with E-state index < -0.39 is 48.3 Å². The topological polar surface area (TPSA) is 114 Å². The summed E-state index contributed by atoms with van der Waals surface area (Å²) in [6.45, 7) is -0.558. The van der Waals surface area contributed by atoms with Crippen LogP contribution in [0.5, 0.6) is 0 Å². The van der Waals surface area contributed by atoms with Crippen molar-refractivity contribution in [2.45, 2.75) is 24.4 Å². The zero-order valence-electron chi connectivity index (χ0n) is 22.9. The van der Waals surface area contributed by atoms with E-state index >= 15 is 0 Å². The third kappa shape index (κ3) is 7.52. The lowest BCUT2D eigenvalue weighted by molar-refractivity contribution is -0.197. The molecular formula is C34H28O9. The third-order valence-electron chi connectivity index (χ3n) is 6.69. The fourth-order valence-corrected chi connectivity index (χ4v) is 4.49. The molecule has 1 heterocycles. The van der Waals surface area contributed by atoms with Gasteiger partial charge in [0, 0.05) is 0 Å². The molecule has 4 atom stereocenters. The molecule has 43 heavy (non-hydrogen) atoms. The van der Waals surface area contributed by atoms with Gasteiger partial charge < -0.3 is 23.7 Å². The first-order chi connectivity index (χ1) is 21.0. The van der Waals surface area contributed by atoms with Crippen LogP contribution in [-0.2, 0) is 23.7 Å². The number of carbonyl (C=O) groups excluding carboxylic acids is 4. The standard InChI is InChI=1S/C34H28O9/c35-31(23-13-5-1-6-14-23)40-21-27-29(42-33(37)25-17-9-3-10-18-25)30(43-34(38)26-19-11-4-12-20-26)28(22-39-27)41-32(36)24-15-7-2-8-16-24/h1-20,27-30H,21-22H2/t27?,28?,29-,30?/m1/s1. The maximum Gasteiger partial charge on any atom is 0.338 e. The lowest BCUT2D eigenvalue weighted by atomic mass is 9.99. The SMILES string of the molecule is O=C(OCC1OCC(OC(=O)c2ccccc2)C(OC(=O)c2ccccc2)[C@@H]1OC(=O)c1ccccc1)c1ccccc1. The molecule has 0 spiro atoms. The van der Waals surface area contributed by atoms with Crippen LogP contribution in [0.25, 0.3) is 0 Å². The van der Waals surface area contributed by atoms with Gasteiger partial charge in [0.1, 0.15) is 12.7 Å². The van der Waals surface area contributed by atoms with Gasteiger partial charge in [0.2, 0.25) is 0 Å². The summed E-state index contributed by atoms with van der Waals surface area (Å²) in [5.74, 6) is -2.76. The summed E-state index contributed by atoms with van der Waals surface area (Å²) >= 11 is 0.